The zero-order valence-electron chi connectivity index (χ0n) is 24.6. The summed E-state index contributed by atoms with van der Waals surface area (Å²) in [5, 5.41) is 3.49. The number of nitrogens with one attached hydrogen (secondary N) is 1. The Morgan fingerprint density at radius 3 is 2.00 bits per heavy atom. The molecule has 0 bridgehead atoms. The van der Waals surface area contributed by atoms with Crippen LogP contribution in [-0.4, -0.2) is 44.3 Å². The molecule has 0 aliphatic carbocycles. The van der Waals surface area contributed by atoms with Crippen LogP contribution < -0.4 is 9.62 Å². The molecule has 1 N–H and O–H groups in total. The number of amides is 2. The molecule has 0 saturated carbocycles. The fourth-order valence-corrected chi connectivity index (χ4v) is 6.11. The maximum atomic E-state index is 14.2. The number of carbonyl (C=O) groups is 2. The van der Waals surface area contributed by atoms with Gasteiger partial charge in [-0.2, -0.15) is 0 Å². The Hall–Kier alpha value is -3.36. The van der Waals surface area contributed by atoms with E-state index in [0.717, 1.165) is 26.6 Å². The van der Waals surface area contributed by atoms with Crippen molar-refractivity contribution in [3.8, 4) is 0 Å². The quantitative estimate of drug-likeness (QED) is 0.276. The van der Waals surface area contributed by atoms with Crippen LogP contribution in [0.15, 0.2) is 71.6 Å². The molecule has 0 radical (unpaired) electrons. The van der Waals surface area contributed by atoms with E-state index in [1.807, 2.05) is 47.6 Å². The van der Waals surface area contributed by atoms with Crippen LogP contribution in [0.25, 0.3) is 0 Å². The van der Waals surface area contributed by atoms with Crippen LogP contribution >= 0.6 is 11.6 Å². The Morgan fingerprint density at radius 1 is 0.878 bits per heavy atom. The molecule has 3 aromatic rings. The van der Waals surface area contributed by atoms with Crippen LogP contribution in [0.1, 0.15) is 49.4 Å². The van der Waals surface area contributed by atoms with Crippen LogP contribution in [-0.2, 0) is 26.2 Å². The lowest BCUT2D eigenvalue weighted by Gasteiger charge is -2.33. The number of carbonyl (C=O) groups excluding carboxylic acids is 2. The summed E-state index contributed by atoms with van der Waals surface area (Å²) in [5.74, 6) is -0.527. The van der Waals surface area contributed by atoms with Crippen molar-refractivity contribution in [3.05, 3.63) is 94.0 Å². The van der Waals surface area contributed by atoms with Gasteiger partial charge in [0, 0.05) is 18.1 Å². The van der Waals surface area contributed by atoms with Crippen molar-refractivity contribution >= 4 is 39.1 Å². The predicted octanol–water partition coefficient (Wildman–Crippen LogP) is 6.04. The van der Waals surface area contributed by atoms with E-state index in [4.69, 9.17) is 11.6 Å². The maximum Gasteiger partial charge on any atom is 0.264 e. The number of benzene rings is 3. The number of halogens is 1. The van der Waals surface area contributed by atoms with E-state index in [-0.39, 0.29) is 23.3 Å². The van der Waals surface area contributed by atoms with Gasteiger partial charge in [0.25, 0.3) is 10.0 Å². The Bertz CT molecular complexity index is 1440. The molecule has 0 aliphatic rings. The summed E-state index contributed by atoms with van der Waals surface area (Å²) in [4.78, 5) is 29.0. The fraction of sp³-hybridized carbons (Fsp3) is 0.375. The van der Waals surface area contributed by atoms with Crippen LogP contribution in [0, 0.1) is 26.7 Å². The van der Waals surface area contributed by atoms with Gasteiger partial charge in [-0.15, -0.1) is 0 Å². The van der Waals surface area contributed by atoms with Crippen molar-refractivity contribution in [2.45, 2.75) is 65.4 Å². The number of nitrogens with zero attached hydrogens (tertiary/aromatic N) is 2. The van der Waals surface area contributed by atoms with Crippen LogP contribution in [0.5, 0.6) is 0 Å². The molecule has 7 nitrogen and oxygen atoms in total. The van der Waals surface area contributed by atoms with Crippen molar-refractivity contribution in [1.82, 2.24) is 10.2 Å². The highest BCUT2D eigenvalue weighted by atomic mass is 35.5. The molecule has 0 fully saturated rings. The Labute approximate surface area is 249 Å². The number of aryl methyl sites for hydroxylation is 3. The van der Waals surface area contributed by atoms with Gasteiger partial charge >= 0.3 is 0 Å². The van der Waals surface area contributed by atoms with E-state index in [0.29, 0.717) is 23.7 Å². The summed E-state index contributed by atoms with van der Waals surface area (Å²) in [7, 11) is -4.12. The highest BCUT2D eigenvalue weighted by Gasteiger charge is 2.33. The van der Waals surface area contributed by atoms with Gasteiger partial charge in [0.15, 0.2) is 0 Å². The summed E-state index contributed by atoms with van der Waals surface area (Å²) < 4.78 is 29.2. The molecule has 0 unspecified atom stereocenters. The molecular formula is C32H40ClN3O4S. The van der Waals surface area contributed by atoms with Crippen molar-refractivity contribution in [2.24, 2.45) is 5.92 Å². The second-order valence-electron chi connectivity index (χ2n) is 10.9. The van der Waals surface area contributed by atoms with Gasteiger partial charge < -0.3 is 10.2 Å². The highest BCUT2D eigenvalue weighted by molar-refractivity contribution is 7.92. The molecule has 0 aromatic heterocycles. The van der Waals surface area contributed by atoms with Gasteiger partial charge in [-0.3, -0.25) is 13.9 Å². The van der Waals surface area contributed by atoms with Crippen molar-refractivity contribution in [2.75, 3.05) is 17.4 Å². The Morgan fingerprint density at radius 2 is 1.46 bits per heavy atom. The monoisotopic (exact) mass is 597 g/mol. The summed E-state index contributed by atoms with van der Waals surface area (Å²) >= 11 is 6.08. The molecular weight excluding hydrogens is 558 g/mol. The van der Waals surface area contributed by atoms with Gasteiger partial charge in [-0.1, -0.05) is 68.3 Å². The van der Waals surface area contributed by atoms with Crippen LogP contribution in [0.3, 0.4) is 0 Å². The number of hydrogen-bond acceptors (Lipinski definition) is 4. The topological polar surface area (TPSA) is 86.8 Å². The number of anilines is 1. The zero-order valence-corrected chi connectivity index (χ0v) is 26.2. The molecule has 0 spiro atoms. The summed E-state index contributed by atoms with van der Waals surface area (Å²) in [6, 6.07) is 18.3. The van der Waals surface area contributed by atoms with Gasteiger partial charge in [0.05, 0.1) is 10.6 Å². The average molecular weight is 598 g/mol. The van der Waals surface area contributed by atoms with E-state index >= 15 is 0 Å². The Kier molecular flexibility index (Phi) is 11.0. The minimum absolute atomic E-state index is 0.0843. The van der Waals surface area contributed by atoms with E-state index < -0.39 is 28.5 Å². The van der Waals surface area contributed by atoms with Gasteiger partial charge in [0.2, 0.25) is 11.8 Å². The third-order valence-corrected chi connectivity index (χ3v) is 8.76. The normalized spacial score (nSPS) is 12.2. The standard InChI is InChI=1S/C32H40ClN3O4S/c1-7-30(32(38)34-19-22(2)3)35(20-26-10-12-27(33)13-11-26)31(37)21-36(28-17-24(5)16-25(6)18-28)41(39,40)29-14-8-23(4)9-15-29/h8-18,22,30H,7,19-21H2,1-6H3,(H,34,38)/t30-/m0/s1. The number of sulfonamides is 1. The second kappa shape index (κ2) is 14.0. The minimum atomic E-state index is -4.12. The van der Waals surface area contributed by atoms with Gasteiger partial charge in [0.1, 0.15) is 12.6 Å². The minimum Gasteiger partial charge on any atom is -0.354 e. The van der Waals surface area contributed by atoms with E-state index in [1.54, 1.807) is 60.7 Å². The first-order chi connectivity index (χ1) is 19.3. The molecule has 9 heteroatoms. The molecule has 3 rings (SSSR count). The van der Waals surface area contributed by atoms with E-state index in [9.17, 15) is 18.0 Å². The third kappa shape index (κ3) is 8.57. The van der Waals surface area contributed by atoms with E-state index in [2.05, 4.69) is 5.32 Å². The third-order valence-electron chi connectivity index (χ3n) is 6.72. The van der Waals surface area contributed by atoms with Gasteiger partial charge in [-0.25, -0.2) is 8.42 Å². The first kappa shape index (κ1) is 32.2. The first-order valence-electron chi connectivity index (χ1n) is 13.8. The summed E-state index contributed by atoms with van der Waals surface area (Å²) in [5.41, 5.74) is 3.82. The lowest BCUT2D eigenvalue weighted by Crippen LogP contribution is -2.52. The average Bonchev–Trinajstić information content (AvgIpc) is 2.91. The number of rotatable bonds is 12. The Balaban J connectivity index is 2.07. The molecule has 0 heterocycles. The highest BCUT2D eigenvalue weighted by Crippen LogP contribution is 2.27. The van der Waals surface area contributed by atoms with Crippen molar-refractivity contribution in [3.63, 3.8) is 0 Å². The molecule has 0 aliphatic heterocycles. The van der Waals surface area contributed by atoms with Crippen molar-refractivity contribution in [1.29, 1.82) is 0 Å². The first-order valence-corrected chi connectivity index (χ1v) is 15.6. The lowest BCUT2D eigenvalue weighted by molar-refractivity contribution is -0.140. The maximum absolute atomic E-state index is 14.2. The largest absolute Gasteiger partial charge is 0.354 e. The summed E-state index contributed by atoms with van der Waals surface area (Å²) in [6.07, 6.45) is 0.359. The van der Waals surface area contributed by atoms with Crippen LogP contribution in [0.2, 0.25) is 5.02 Å². The molecule has 3 aromatic carbocycles. The molecule has 0 saturated heterocycles. The number of hydrogen-bond donors (Lipinski definition) is 1. The van der Waals surface area contributed by atoms with E-state index in [1.165, 1.54) is 4.90 Å². The molecule has 220 valence electrons. The smallest absolute Gasteiger partial charge is 0.264 e. The predicted molar refractivity (Wildman–Crippen MR) is 166 cm³/mol. The molecule has 41 heavy (non-hydrogen) atoms. The lowest BCUT2D eigenvalue weighted by atomic mass is 10.1. The van der Waals surface area contributed by atoms with Gasteiger partial charge in [-0.05, 0) is 86.2 Å². The summed E-state index contributed by atoms with van der Waals surface area (Å²) in [6.45, 7) is 11.6. The SMILES string of the molecule is CC[C@@H](C(=O)NCC(C)C)N(Cc1ccc(Cl)cc1)C(=O)CN(c1cc(C)cc(C)c1)S(=O)(=O)c1ccc(C)cc1. The van der Waals surface area contributed by atoms with Crippen molar-refractivity contribution < 1.29 is 18.0 Å². The fourth-order valence-electron chi connectivity index (χ4n) is 4.59. The zero-order chi connectivity index (χ0) is 30.3. The second-order valence-corrected chi connectivity index (χ2v) is 13.2. The molecule has 1 atom stereocenters. The molecule has 2 amide bonds. The van der Waals surface area contributed by atoms with Crippen LogP contribution in [0.4, 0.5) is 5.69 Å².